The summed E-state index contributed by atoms with van der Waals surface area (Å²) in [7, 11) is 0. The third kappa shape index (κ3) is 3.97. The topological polar surface area (TPSA) is 87.6 Å². The molecule has 2 heterocycles. The summed E-state index contributed by atoms with van der Waals surface area (Å²) >= 11 is 0. The number of carbonyl (C=O) groups excluding carboxylic acids is 1. The smallest absolute Gasteiger partial charge is 0.315 e. The molecule has 0 aliphatic carbocycles. The quantitative estimate of drug-likeness (QED) is 0.647. The normalized spacial score (nSPS) is 13.6. The van der Waals surface area contributed by atoms with Crippen LogP contribution in [0.5, 0.6) is 0 Å². The molecular weight excluding hydrogens is 308 g/mol. The minimum absolute atomic E-state index is 0.208. The first kappa shape index (κ1) is 16.1. The van der Waals surface area contributed by atoms with Crippen LogP contribution in [-0.4, -0.2) is 17.2 Å². The molecule has 2 atom stereocenters. The second-order valence-electron chi connectivity index (χ2n) is 5.75. The summed E-state index contributed by atoms with van der Waals surface area (Å²) in [5, 5.41) is 16.5. The Kier molecular flexibility index (Phi) is 4.86. The summed E-state index contributed by atoms with van der Waals surface area (Å²) in [5.74, 6) is 1.18. The third-order valence-electron chi connectivity index (χ3n) is 3.73. The van der Waals surface area contributed by atoms with Gasteiger partial charge in [-0.05, 0) is 31.2 Å². The molecule has 0 bridgehead atoms. The summed E-state index contributed by atoms with van der Waals surface area (Å²) in [6.07, 6.45) is 1.13. The van der Waals surface area contributed by atoms with Crippen molar-refractivity contribution in [1.82, 2.24) is 10.6 Å². The Hall–Kier alpha value is -2.73. The van der Waals surface area contributed by atoms with Crippen LogP contribution in [0.15, 0.2) is 57.6 Å². The first-order chi connectivity index (χ1) is 11.6. The van der Waals surface area contributed by atoms with E-state index in [1.807, 2.05) is 37.3 Å². The Morgan fingerprint density at radius 3 is 2.83 bits per heavy atom. The molecule has 2 amide bonds. The number of furan rings is 2. The maximum absolute atomic E-state index is 11.9. The molecule has 2 aromatic heterocycles. The van der Waals surface area contributed by atoms with Gasteiger partial charge in [0, 0.05) is 17.8 Å². The number of rotatable bonds is 6. The second-order valence-corrected chi connectivity index (χ2v) is 5.75. The molecule has 0 fully saturated rings. The molecule has 0 saturated heterocycles. The molecule has 1 aromatic carbocycles. The van der Waals surface area contributed by atoms with Crippen LogP contribution >= 0.6 is 0 Å². The number of fused-ring (bicyclic) bond motifs is 1. The molecule has 0 aliphatic heterocycles. The highest BCUT2D eigenvalue weighted by molar-refractivity contribution is 5.78. The number of benzene rings is 1. The highest BCUT2D eigenvalue weighted by atomic mass is 16.4. The van der Waals surface area contributed by atoms with Gasteiger partial charge in [0.25, 0.3) is 0 Å². The van der Waals surface area contributed by atoms with Gasteiger partial charge in [0.1, 0.15) is 23.2 Å². The molecule has 0 saturated carbocycles. The van der Waals surface area contributed by atoms with Gasteiger partial charge in [0.2, 0.25) is 0 Å². The third-order valence-corrected chi connectivity index (χ3v) is 3.73. The maximum atomic E-state index is 11.9. The Labute approximate surface area is 139 Å². The second kappa shape index (κ2) is 7.23. The minimum Gasteiger partial charge on any atom is -0.467 e. The van der Waals surface area contributed by atoms with Crippen LogP contribution in [0.4, 0.5) is 4.79 Å². The Morgan fingerprint density at radius 2 is 2.08 bits per heavy atom. The van der Waals surface area contributed by atoms with Gasteiger partial charge in [-0.15, -0.1) is 0 Å². The number of hydrogen-bond acceptors (Lipinski definition) is 4. The number of aliphatic hydroxyl groups is 1. The van der Waals surface area contributed by atoms with Gasteiger partial charge in [-0.2, -0.15) is 0 Å². The Morgan fingerprint density at radius 1 is 1.25 bits per heavy atom. The monoisotopic (exact) mass is 328 g/mol. The lowest BCUT2D eigenvalue weighted by Crippen LogP contribution is -2.41. The van der Waals surface area contributed by atoms with E-state index in [2.05, 4.69) is 10.6 Å². The van der Waals surface area contributed by atoms with Gasteiger partial charge < -0.3 is 24.6 Å². The van der Waals surface area contributed by atoms with E-state index in [0.717, 1.165) is 11.0 Å². The summed E-state index contributed by atoms with van der Waals surface area (Å²) in [6.45, 7) is 2.13. The molecule has 3 N–H and O–H groups in total. The van der Waals surface area contributed by atoms with Crippen molar-refractivity contribution in [3.8, 4) is 0 Å². The molecule has 24 heavy (non-hydrogen) atoms. The number of carbonyl (C=O) groups is 1. The van der Waals surface area contributed by atoms with E-state index in [4.69, 9.17) is 8.83 Å². The molecule has 0 radical (unpaired) electrons. The van der Waals surface area contributed by atoms with E-state index in [1.165, 1.54) is 6.26 Å². The van der Waals surface area contributed by atoms with Crippen molar-refractivity contribution in [2.45, 2.75) is 32.0 Å². The van der Waals surface area contributed by atoms with E-state index in [1.54, 1.807) is 12.1 Å². The average molecular weight is 328 g/mol. The first-order valence-electron chi connectivity index (χ1n) is 7.85. The summed E-state index contributed by atoms with van der Waals surface area (Å²) in [5.41, 5.74) is 0.796. The van der Waals surface area contributed by atoms with Crippen LogP contribution in [0.2, 0.25) is 0 Å². The number of para-hydroxylation sites is 1. The van der Waals surface area contributed by atoms with Crippen LogP contribution in [0.3, 0.4) is 0 Å². The Balaban J connectivity index is 1.46. The number of nitrogens with one attached hydrogen (secondary N) is 2. The first-order valence-corrected chi connectivity index (χ1v) is 7.85. The zero-order valence-electron chi connectivity index (χ0n) is 13.4. The number of urea groups is 1. The van der Waals surface area contributed by atoms with Gasteiger partial charge >= 0.3 is 6.03 Å². The molecule has 126 valence electrons. The molecule has 0 spiro atoms. The minimum atomic E-state index is -0.745. The summed E-state index contributed by atoms with van der Waals surface area (Å²) in [4.78, 5) is 11.9. The fourth-order valence-electron chi connectivity index (χ4n) is 2.56. The fraction of sp³-hybridized carbons (Fsp3) is 0.278. The predicted molar refractivity (Wildman–Crippen MR) is 89.3 cm³/mol. The van der Waals surface area contributed by atoms with Crippen LogP contribution in [-0.2, 0) is 6.54 Å². The van der Waals surface area contributed by atoms with Crippen molar-refractivity contribution in [2.75, 3.05) is 0 Å². The largest absolute Gasteiger partial charge is 0.467 e. The number of aliphatic hydroxyl groups excluding tert-OH is 1. The van der Waals surface area contributed by atoms with Crippen LogP contribution in [0, 0.1) is 0 Å². The molecule has 3 aromatic rings. The number of hydrogen-bond donors (Lipinski definition) is 3. The van der Waals surface area contributed by atoms with Crippen molar-refractivity contribution in [3.63, 3.8) is 0 Å². The molecule has 0 aliphatic rings. The molecular formula is C18H20N2O4. The van der Waals surface area contributed by atoms with Crippen LogP contribution in [0.25, 0.3) is 11.0 Å². The highest BCUT2D eigenvalue weighted by Crippen LogP contribution is 2.19. The van der Waals surface area contributed by atoms with Crippen molar-refractivity contribution in [3.05, 3.63) is 60.2 Å². The lowest BCUT2D eigenvalue weighted by molar-refractivity contribution is 0.129. The fourth-order valence-corrected chi connectivity index (χ4v) is 2.56. The van der Waals surface area contributed by atoms with Gasteiger partial charge in [0.15, 0.2) is 0 Å². The Bertz CT molecular complexity index is 761. The molecule has 3 rings (SSSR count). The zero-order valence-corrected chi connectivity index (χ0v) is 13.4. The van der Waals surface area contributed by atoms with E-state index >= 15 is 0 Å². The highest BCUT2D eigenvalue weighted by Gasteiger charge is 2.16. The molecule has 6 nitrogen and oxygen atoms in total. The van der Waals surface area contributed by atoms with Gasteiger partial charge in [-0.25, -0.2) is 4.79 Å². The number of amides is 2. The van der Waals surface area contributed by atoms with Crippen molar-refractivity contribution < 1.29 is 18.7 Å². The molecule has 0 unspecified atom stereocenters. The summed E-state index contributed by atoms with van der Waals surface area (Å²) in [6, 6.07) is 12.5. The SMILES string of the molecule is C[C@@H](C[C@H](O)c1ccco1)NC(=O)NCc1cc2ccccc2o1. The van der Waals surface area contributed by atoms with Gasteiger partial charge in [0.05, 0.1) is 12.8 Å². The lowest BCUT2D eigenvalue weighted by atomic mass is 10.1. The average Bonchev–Trinajstić information content (AvgIpc) is 3.21. The van der Waals surface area contributed by atoms with E-state index in [9.17, 15) is 9.90 Å². The van der Waals surface area contributed by atoms with Crippen LogP contribution < -0.4 is 10.6 Å². The van der Waals surface area contributed by atoms with Crippen LogP contribution in [0.1, 0.15) is 31.0 Å². The van der Waals surface area contributed by atoms with E-state index in [-0.39, 0.29) is 12.1 Å². The van der Waals surface area contributed by atoms with Gasteiger partial charge in [-0.1, -0.05) is 18.2 Å². The predicted octanol–water partition coefficient (Wildman–Crippen LogP) is 3.34. The zero-order chi connectivity index (χ0) is 16.9. The van der Waals surface area contributed by atoms with Crippen molar-refractivity contribution in [1.29, 1.82) is 0 Å². The van der Waals surface area contributed by atoms with E-state index < -0.39 is 6.10 Å². The van der Waals surface area contributed by atoms with E-state index in [0.29, 0.717) is 24.5 Å². The van der Waals surface area contributed by atoms with Crippen molar-refractivity contribution in [2.24, 2.45) is 0 Å². The van der Waals surface area contributed by atoms with Gasteiger partial charge in [-0.3, -0.25) is 0 Å². The molecule has 6 heteroatoms. The maximum Gasteiger partial charge on any atom is 0.315 e. The lowest BCUT2D eigenvalue weighted by Gasteiger charge is -2.16. The standard InChI is InChI=1S/C18H20N2O4/c1-12(9-15(21)17-7-4-8-23-17)20-18(22)19-11-14-10-13-5-2-3-6-16(13)24-14/h2-8,10,12,15,21H,9,11H2,1H3,(H2,19,20,22)/t12-,15-/m0/s1. The van der Waals surface area contributed by atoms with Crippen molar-refractivity contribution >= 4 is 17.0 Å². The summed E-state index contributed by atoms with van der Waals surface area (Å²) < 4.78 is 10.8.